The molecule has 0 fully saturated rings. The second-order valence-corrected chi connectivity index (χ2v) is 6.85. The van der Waals surface area contributed by atoms with Crippen LogP contribution in [-0.4, -0.2) is 17.3 Å². The number of nitrogens with two attached hydrogens (primary N) is 1. The molecule has 1 unspecified atom stereocenters. The molecule has 0 amide bonds. The van der Waals surface area contributed by atoms with Gasteiger partial charge in [0.15, 0.2) is 17.4 Å². The molecule has 3 aromatic rings. The van der Waals surface area contributed by atoms with Gasteiger partial charge in [-0.2, -0.15) is 0 Å². The zero-order valence-corrected chi connectivity index (χ0v) is 15.5. The molecule has 0 saturated heterocycles. The first-order chi connectivity index (χ1) is 14.1. The first kappa shape index (κ1) is 18.8. The number of pyridine rings is 1. The summed E-state index contributed by atoms with van der Waals surface area (Å²) in [5, 5.41) is 2.82. The van der Waals surface area contributed by atoms with Crippen LogP contribution in [-0.2, 0) is 6.42 Å². The number of hydrogen-bond acceptors (Lipinski definition) is 4. The van der Waals surface area contributed by atoms with Gasteiger partial charge in [0.2, 0.25) is 0 Å². The Hall–Kier alpha value is -3.54. The molecule has 4 nitrogen and oxygen atoms in total. The number of hydrogen-bond donors (Lipinski definition) is 2. The smallest absolute Gasteiger partial charge is 0.188 e. The summed E-state index contributed by atoms with van der Waals surface area (Å²) in [6, 6.07) is 12.9. The van der Waals surface area contributed by atoms with Crippen LogP contribution in [0.4, 0.5) is 20.2 Å². The van der Waals surface area contributed by atoms with Gasteiger partial charge < -0.3 is 11.1 Å². The Morgan fingerprint density at radius 1 is 1.03 bits per heavy atom. The van der Waals surface area contributed by atoms with Gasteiger partial charge in [0, 0.05) is 30.4 Å². The zero-order valence-electron chi connectivity index (χ0n) is 15.5. The van der Waals surface area contributed by atoms with Gasteiger partial charge >= 0.3 is 0 Å². The van der Waals surface area contributed by atoms with Crippen molar-refractivity contribution in [2.45, 2.75) is 12.3 Å². The molecule has 4 rings (SSSR count). The Morgan fingerprint density at radius 2 is 1.76 bits per heavy atom. The molecule has 6 heteroatoms. The molecular weight excluding hydrogens is 372 g/mol. The van der Waals surface area contributed by atoms with Crippen LogP contribution >= 0.6 is 0 Å². The number of nitrogens with zero attached hydrogens (tertiary/aromatic N) is 1. The van der Waals surface area contributed by atoms with Crippen molar-refractivity contribution in [1.29, 1.82) is 0 Å². The fourth-order valence-corrected chi connectivity index (χ4v) is 3.63. The van der Waals surface area contributed by atoms with Crippen molar-refractivity contribution in [3.8, 4) is 0 Å². The minimum atomic E-state index is -0.938. The highest BCUT2D eigenvalue weighted by atomic mass is 19.1. The number of ketones is 1. The molecule has 1 atom stereocenters. The normalized spacial score (nSPS) is 15.2. The topological polar surface area (TPSA) is 68.0 Å². The van der Waals surface area contributed by atoms with Gasteiger partial charge in [-0.05, 0) is 35.8 Å². The molecule has 29 heavy (non-hydrogen) atoms. The SMILES string of the molecule is Nc1c(F)c(NCCc2ccncc2)c(F)c2c1C(=O)C=CC2c1ccccc1. The minimum absolute atomic E-state index is 0.101. The predicted octanol–water partition coefficient (Wildman–Crippen LogP) is 4.48. The maximum Gasteiger partial charge on any atom is 0.188 e. The first-order valence-electron chi connectivity index (χ1n) is 9.28. The number of carbonyl (C=O) groups excluding carboxylic acids is 1. The third kappa shape index (κ3) is 3.49. The maximum atomic E-state index is 15.5. The highest BCUT2D eigenvalue weighted by molar-refractivity contribution is 6.11. The van der Waals surface area contributed by atoms with Crippen molar-refractivity contribution >= 4 is 17.2 Å². The summed E-state index contributed by atoms with van der Waals surface area (Å²) in [6.45, 7) is 0.301. The van der Waals surface area contributed by atoms with Crippen LogP contribution in [0.2, 0.25) is 0 Å². The number of allylic oxidation sites excluding steroid dienone is 2. The maximum absolute atomic E-state index is 15.5. The third-order valence-corrected chi connectivity index (χ3v) is 5.07. The molecule has 0 saturated carbocycles. The Bertz CT molecular complexity index is 1080. The molecule has 1 aliphatic carbocycles. The van der Waals surface area contributed by atoms with Crippen molar-refractivity contribution in [2.24, 2.45) is 0 Å². The molecule has 2 aromatic carbocycles. The lowest BCUT2D eigenvalue weighted by molar-refractivity contribution is 0.104. The molecule has 1 heterocycles. The molecule has 0 bridgehead atoms. The van der Waals surface area contributed by atoms with E-state index in [1.54, 1.807) is 18.5 Å². The quantitative estimate of drug-likeness (QED) is 0.629. The van der Waals surface area contributed by atoms with Crippen LogP contribution in [0.1, 0.15) is 33.0 Å². The molecule has 3 N–H and O–H groups in total. The number of halogens is 2. The van der Waals surface area contributed by atoms with E-state index in [2.05, 4.69) is 10.3 Å². The van der Waals surface area contributed by atoms with Gasteiger partial charge in [0.05, 0.1) is 11.3 Å². The largest absolute Gasteiger partial charge is 0.396 e. The van der Waals surface area contributed by atoms with E-state index in [1.165, 1.54) is 6.08 Å². The summed E-state index contributed by atoms with van der Waals surface area (Å²) in [7, 11) is 0. The number of benzene rings is 2. The Morgan fingerprint density at radius 3 is 2.48 bits per heavy atom. The Labute approximate surface area is 167 Å². The number of nitrogen functional groups attached to an aromatic ring is 1. The van der Waals surface area contributed by atoms with Crippen LogP contribution in [0.5, 0.6) is 0 Å². The minimum Gasteiger partial charge on any atom is -0.396 e. The molecule has 146 valence electrons. The molecular formula is C23H19F2N3O. The number of nitrogens with one attached hydrogen (secondary N) is 1. The number of anilines is 2. The van der Waals surface area contributed by atoms with E-state index in [0.717, 1.165) is 11.1 Å². The molecule has 0 aliphatic heterocycles. The summed E-state index contributed by atoms with van der Waals surface area (Å²) >= 11 is 0. The van der Waals surface area contributed by atoms with Gasteiger partial charge in [0.25, 0.3) is 0 Å². The fraction of sp³-hybridized carbons (Fsp3) is 0.130. The summed E-state index contributed by atoms with van der Waals surface area (Å²) in [5.74, 6) is -2.74. The van der Waals surface area contributed by atoms with Crippen LogP contribution < -0.4 is 11.1 Å². The van der Waals surface area contributed by atoms with Crippen molar-refractivity contribution < 1.29 is 13.6 Å². The number of rotatable bonds is 5. The van der Waals surface area contributed by atoms with E-state index in [4.69, 9.17) is 5.73 Å². The zero-order chi connectivity index (χ0) is 20.4. The highest BCUT2D eigenvalue weighted by Crippen LogP contribution is 2.41. The van der Waals surface area contributed by atoms with Gasteiger partial charge in [0.1, 0.15) is 5.69 Å². The van der Waals surface area contributed by atoms with E-state index < -0.39 is 23.3 Å². The Balaban J connectivity index is 1.73. The van der Waals surface area contributed by atoms with Crippen LogP contribution in [0.15, 0.2) is 67.0 Å². The van der Waals surface area contributed by atoms with Crippen LogP contribution in [0, 0.1) is 11.6 Å². The number of aromatic nitrogens is 1. The lowest BCUT2D eigenvalue weighted by Gasteiger charge is -2.25. The Kier molecular flexibility index (Phi) is 5.08. The van der Waals surface area contributed by atoms with Crippen molar-refractivity contribution in [3.05, 3.63) is 101 Å². The van der Waals surface area contributed by atoms with Crippen LogP contribution in [0.25, 0.3) is 0 Å². The summed E-state index contributed by atoms with van der Waals surface area (Å²) in [5.41, 5.74) is 7.09. The lowest BCUT2D eigenvalue weighted by atomic mass is 9.81. The molecule has 0 spiro atoms. The second kappa shape index (κ2) is 7.83. The average molecular weight is 391 g/mol. The first-order valence-corrected chi connectivity index (χ1v) is 9.28. The van der Waals surface area contributed by atoms with Crippen LogP contribution in [0.3, 0.4) is 0 Å². The fourth-order valence-electron chi connectivity index (χ4n) is 3.63. The predicted molar refractivity (Wildman–Crippen MR) is 109 cm³/mol. The van der Waals surface area contributed by atoms with E-state index >= 15 is 4.39 Å². The summed E-state index contributed by atoms with van der Waals surface area (Å²) < 4.78 is 30.3. The second-order valence-electron chi connectivity index (χ2n) is 6.85. The van der Waals surface area contributed by atoms with E-state index in [1.807, 2.05) is 42.5 Å². The van der Waals surface area contributed by atoms with Crippen molar-refractivity contribution in [2.75, 3.05) is 17.6 Å². The molecule has 1 aromatic heterocycles. The average Bonchev–Trinajstić information content (AvgIpc) is 2.75. The van der Waals surface area contributed by atoms with Gasteiger partial charge in [-0.25, -0.2) is 8.78 Å². The van der Waals surface area contributed by atoms with Gasteiger partial charge in [-0.1, -0.05) is 36.4 Å². The lowest BCUT2D eigenvalue weighted by Crippen LogP contribution is -2.20. The van der Waals surface area contributed by atoms with E-state index in [9.17, 15) is 9.18 Å². The summed E-state index contributed by atoms with van der Waals surface area (Å²) in [6.07, 6.45) is 6.83. The highest BCUT2D eigenvalue weighted by Gasteiger charge is 2.32. The van der Waals surface area contributed by atoms with Crippen molar-refractivity contribution in [1.82, 2.24) is 4.98 Å². The third-order valence-electron chi connectivity index (χ3n) is 5.07. The van der Waals surface area contributed by atoms with Gasteiger partial charge in [-0.15, -0.1) is 0 Å². The monoisotopic (exact) mass is 391 g/mol. The molecule has 0 radical (unpaired) electrons. The van der Waals surface area contributed by atoms with E-state index in [-0.39, 0.29) is 22.5 Å². The van der Waals surface area contributed by atoms with Crippen molar-refractivity contribution in [3.63, 3.8) is 0 Å². The van der Waals surface area contributed by atoms with Gasteiger partial charge in [-0.3, -0.25) is 9.78 Å². The molecule has 1 aliphatic rings. The number of carbonyl (C=O) groups is 1. The number of fused-ring (bicyclic) bond motifs is 1. The standard InChI is InChI=1S/C23H19F2N3O/c24-20-18-16(15-4-2-1-3-5-15)6-7-17(29)19(18)22(26)21(25)23(20)28-13-10-14-8-11-27-12-9-14/h1-9,11-12,16,28H,10,13,26H2. The summed E-state index contributed by atoms with van der Waals surface area (Å²) in [4.78, 5) is 16.3. The van der Waals surface area contributed by atoms with E-state index in [0.29, 0.717) is 13.0 Å².